The van der Waals surface area contributed by atoms with Crippen LogP contribution in [0.3, 0.4) is 0 Å². The van der Waals surface area contributed by atoms with Crippen LogP contribution in [0.2, 0.25) is 0 Å². The lowest BCUT2D eigenvalue weighted by molar-refractivity contribution is -0.0539. The van der Waals surface area contributed by atoms with Crippen molar-refractivity contribution in [1.82, 2.24) is 49.4 Å². The summed E-state index contributed by atoms with van der Waals surface area (Å²) in [4.78, 5) is 16.5. The number of hydrogen-bond acceptors (Lipinski definition) is 17. The lowest BCUT2D eigenvalue weighted by atomic mass is 9.94. The molecule has 0 saturated carbocycles. The molecule has 0 aliphatic rings. The van der Waals surface area contributed by atoms with Crippen LogP contribution in [0.4, 0.5) is 48.3 Å². The van der Waals surface area contributed by atoms with Crippen LogP contribution in [0.25, 0.3) is 22.9 Å². The first kappa shape index (κ1) is 60.4. The van der Waals surface area contributed by atoms with Crippen LogP contribution in [-0.4, -0.2) is 113 Å². The number of aromatic nitrogens is 8. The predicted molar refractivity (Wildman–Crippen MR) is 237 cm³/mol. The molecule has 6 aromatic rings. The highest BCUT2D eigenvalue weighted by Gasteiger charge is 2.47. The van der Waals surface area contributed by atoms with E-state index in [1.54, 1.807) is 6.92 Å². The van der Waals surface area contributed by atoms with Gasteiger partial charge in [-0.3, -0.25) is 4.18 Å². The maximum Gasteiger partial charge on any atom is 0.523 e. The van der Waals surface area contributed by atoms with Gasteiger partial charge in [0.2, 0.25) is 20.0 Å². The van der Waals surface area contributed by atoms with Gasteiger partial charge in [0.1, 0.15) is 34.9 Å². The maximum atomic E-state index is 14.6. The van der Waals surface area contributed by atoms with Crippen LogP contribution in [-0.2, 0) is 47.2 Å². The largest absolute Gasteiger partial charge is 0.523 e. The molecule has 74 heavy (non-hydrogen) atoms. The fraction of sp³-hybridized carbons (Fsp3) is 0.415. The van der Waals surface area contributed by atoms with Gasteiger partial charge in [-0.2, -0.15) is 39.2 Å². The van der Waals surface area contributed by atoms with Gasteiger partial charge in [0.15, 0.2) is 0 Å². The molecule has 6 rings (SSSR count). The lowest BCUT2D eigenvalue weighted by Gasteiger charge is -2.26. The first-order chi connectivity index (χ1) is 34.6. The summed E-state index contributed by atoms with van der Waals surface area (Å²) in [5.74, 6) is -6.54. The molecule has 2 atom stereocenters. The predicted octanol–water partition coefficient (Wildman–Crippen LogP) is 7.62. The minimum Gasteiger partial charge on any atom is -0.415 e. The van der Waals surface area contributed by atoms with Crippen molar-refractivity contribution in [3.05, 3.63) is 119 Å². The number of benzene rings is 2. The molecule has 1 N–H and O–H groups in total. The second-order valence-corrected chi connectivity index (χ2v) is 20.8. The zero-order valence-corrected chi connectivity index (χ0v) is 41.3. The molecule has 406 valence electrons. The second kappa shape index (κ2) is 26.4. The molecule has 0 radical (unpaired) electrons. The molecule has 4 aromatic heterocycles. The average Bonchev–Trinajstić information content (AvgIpc) is 4.05. The van der Waals surface area contributed by atoms with Crippen molar-refractivity contribution >= 4 is 30.2 Å². The van der Waals surface area contributed by atoms with E-state index in [0.717, 1.165) is 25.1 Å². The Hall–Kier alpha value is -6.16. The van der Waals surface area contributed by atoms with Gasteiger partial charge in [-0.25, -0.2) is 63.4 Å². The highest BCUT2D eigenvalue weighted by Crippen LogP contribution is 2.29. The smallest absolute Gasteiger partial charge is 0.415 e. The van der Waals surface area contributed by atoms with Crippen LogP contribution in [0, 0.1) is 23.3 Å². The Morgan fingerprint density at radius 3 is 1.41 bits per heavy atom. The summed E-state index contributed by atoms with van der Waals surface area (Å²) in [6, 6.07) is 6.09. The van der Waals surface area contributed by atoms with E-state index >= 15 is 0 Å². The number of nitrogens with zero attached hydrogens (tertiary/aromatic N) is 9. The normalized spacial score (nSPS) is 13.1. The third-order valence-corrected chi connectivity index (χ3v) is 14.2. The van der Waals surface area contributed by atoms with E-state index in [2.05, 4.69) is 49.2 Å². The highest BCUT2D eigenvalue weighted by molar-refractivity contribution is 7.89. The van der Waals surface area contributed by atoms with E-state index in [4.69, 9.17) is 8.83 Å². The fourth-order valence-corrected chi connectivity index (χ4v) is 8.38. The summed E-state index contributed by atoms with van der Waals surface area (Å²) in [7, 11) is -12.5. The first-order valence-corrected chi connectivity index (χ1v) is 26.0. The van der Waals surface area contributed by atoms with Gasteiger partial charge in [-0.05, 0) is 44.0 Å². The summed E-state index contributed by atoms with van der Waals surface area (Å²) in [6.45, 7) is 5.20. The van der Waals surface area contributed by atoms with Crippen LogP contribution >= 0.6 is 0 Å². The monoisotopic (exact) mass is 1120 g/mol. The number of rotatable bonds is 21. The van der Waals surface area contributed by atoms with Gasteiger partial charge in [0.25, 0.3) is 23.6 Å². The van der Waals surface area contributed by atoms with E-state index < -0.39 is 102 Å². The Morgan fingerprint density at radius 2 is 1.07 bits per heavy atom. The Morgan fingerprint density at radius 1 is 0.635 bits per heavy atom. The number of likely N-dealkylation sites (N-methyl/N-ethyl adjacent to an activating group) is 1. The molecule has 4 heterocycles. The Balaban J connectivity index is 0.000000271. The number of nitrogens with one attached hydrogen (secondary N) is 1. The van der Waals surface area contributed by atoms with E-state index in [9.17, 15) is 73.5 Å². The molecule has 33 heteroatoms. The SMILES string of the molecule is CCN(CC(Cc1ncc(-c2nnc(C(F)F)o2)cn1)c1ccc(F)cc1F)S(=O)(=O)CC.CCOS(=O)(=O)C(F)(F)F.CCS(=O)(=O)NCC(Cc1ncc(-c2nnc(C(F)F)o2)cn1)c1ccc(F)cc1F. The second-order valence-electron chi connectivity index (χ2n) is 14.8. The summed E-state index contributed by atoms with van der Waals surface area (Å²) < 4.78 is 225. The van der Waals surface area contributed by atoms with Crippen LogP contribution in [0.1, 0.15) is 86.9 Å². The molecular weight excluding hydrogens is 1080 g/mol. The average molecular weight is 1130 g/mol. The summed E-state index contributed by atoms with van der Waals surface area (Å²) in [6.07, 6.45) is -0.698. The van der Waals surface area contributed by atoms with Crippen LogP contribution < -0.4 is 4.72 Å². The van der Waals surface area contributed by atoms with Crippen molar-refractivity contribution in [2.24, 2.45) is 0 Å². The third kappa shape index (κ3) is 17.2. The number of sulfonamides is 2. The molecule has 0 aliphatic heterocycles. The van der Waals surface area contributed by atoms with Crippen LogP contribution in [0.5, 0.6) is 0 Å². The van der Waals surface area contributed by atoms with Crippen molar-refractivity contribution in [2.75, 3.05) is 37.7 Å². The molecular formula is C41H43F11N10O9S3. The summed E-state index contributed by atoms with van der Waals surface area (Å²) in [5.41, 5.74) is -4.70. The van der Waals surface area contributed by atoms with Gasteiger partial charge in [-0.15, -0.1) is 20.4 Å². The first-order valence-electron chi connectivity index (χ1n) is 21.3. The number of alkyl halides is 7. The third-order valence-electron chi connectivity index (χ3n) is 9.84. The summed E-state index contributed by atoms with van der Waals surface area (Å²) >= 11 is 0. The van der Waals surface area contributed by atoms with Crippen molar-refractivity contribution in [1.29, 1.82) is 0 Å². The Bertz CT molecular complexity index is 3100. The molecule has 2 aromatic carbocycles. The number of halogens is 11. The van der Waals surface area contributed by atoms with Crippen molar-refractivity contribution in [3.63, 3.8) is 0 Å². The van der Waals surface area contributed by atoms with Gasteiger partial charge in [-0.1, -0.05) is 19.1 Å². The van der Waals surface area contributed by atoms with Crippen molar-refractivity contribution < 1.29 is 86.6 Å². The van der Waals surface area contributed by atoms with E-state index in [0.29, 0.717) is 6.07 Å². The highest BCUT2D eigenvalue weighted by atomic mass is 32.2. The van der Waals surface area contributed by atoms with E-state index in [-0.39, 0.29) is 89.7 Å². The topological polar surface area (TPSA) is 256 Å². The van der Waals surface area contributed by atoms with Gasteiger partial charge < -0.3 is 8.83 Å². The summed E-state index contributed by atoms with van der Waals surface area (Å²) in [5, 5.41) is 13.5. The number of hydrogen-bond donors (Lipinski definition) is 1. The van der Waals surface area contributed by atoms with E-state index in [1.165, 1.54) is 55.1 Å². The molecule has 0 spiro atoms. The van der Waals surface area contributed by atoms with Gasteiger partial charge in [0, 0.05) is 81.2 Å². The quantitative estimate of drug-likeness (QED) is 0.0413. The Labute approximate surface area is 415 Å². The van der Waals surface area contributed by atoms with Gasteiger partial charge in [0.05, 0.1) is 29.2 Å². The van der Waals surface area contributed by atoms with Crippen LogP contribution in [0.15, 0.2) is 70.0 Å². The standard InChI is InChI=1S/C20H21F4N5O3S.C18H17F4N5O3S.C3H5F3O3S/c1-3-29(33(30,31)4-2)11-12(15-6-5-14(21)8-16(15)22)7-17-25-9-13(10-26-17)19-27-28-20(32-19)18(23)24;1-2-31(28,29)25-9-10(13-4-3-12(19)6-14(13)20)5-15-23-7-11(8-24-15)17-26-27-18(30-17)16(21)22;1-2-9-10(7,8)3(4,5)6/h5-6,8-10,12,18H,3-4,7,11H2,1-2H3;3-4,6-8,10,16,25H,2,5,9H2,1H3;2H2,1H3. The minimum absolute atomic E-state index is 0.0151. The van der Waals surface area contributed by atoms with Crippen molar-refractivity contribution in [2.45, 2.75) is 70.7 Å². The molecule has 0 amide bonds. The molecule has 19 nitrogen and oxygen atoms in total. The fourth-order valence-electron chi connectivity index (χ4n) is 6.11. The van der Waals surface area contributed by atoms with Crippen molar-refractivity contribution in [3.8, 4) is 22.9 Å². The zero-order valence-electron chi connectivity index (χ0n) is 38.8. The lowest BCUT2D eigenvalue weighted by Crippen LogP contribution is -2.36. The minimum atomic E-state index is -5.35. The van der Waals surface area contributed by atoms with E-state index in [1.807, 2.05) is 0 Å². The molecule has 0 bridgehead atoms. The van der Waals surface area contributed by atoms with Gasteiger partial charge >= 0.3 is 28.5 Å². The molecule has 2 unspecified atom stereocenters. The Kier molecular flexibility index (Phi) is 21.5. The maximum absolute atomic E-state index is 14.6. The molecule has 0 fully saturated rings. The zero-order chi connectivity index (χ0) is 55.2. The molecule has 0 aliphatic carbocycles. The molecule has 0 saturated heterocycles.